The fraction of sp³-hybridized carbons (Fsp3) is 0.600. The van der Waals surface area contributed by atoms with Crippen molar-refractivity contribution in [1.29, 1.82) is 0 Å². The van der Waals surface area contributed by atoms with Gasteiger partial charge in [0.05, 0.1) is 6.61 Å². The second-order valence-electron chi connectivity index (χ2n) is 5.05. The number of hydrogen-bond acceptors (Lipinski definition) is 2. The summed E-state index contributed by atoms with van der Waals surface area (Å²) in [6, 6.07) is 8.74. The number of benzene rings is 1. The molecule has 2 nitrogen and oxygen atoms in total. The Morgan fingerprint density at radius 2 is 1.76 bits per heavy atom. The highest BCUT2D eigenvalue weighted by Crippen LogP contribution is 2.18. The number of hydrogen-bond donors (Lipinski definition) is 1. The number of rotatable bonds is 7. The molecule has 0 saturated carbocycles. The van der Waals surface area contributed by atoms with Crippen molar-refractivity contribution >= 4 is 5.69 Å². The zero-order valence-corrected chi connectivity index (χ0v) is 11.5. The molecule has 1 N–H and O–H groups in total. The maximum absolute atomic E-state index is 5.55. The van der Waals surface area contributed by atoms with Gasteiger partial charge in [-0.15, -0.1) is 0 Å². The van der Waals surface area contributed by atoms with Crippen molar-refractivity contribution in [3.63, 3.8) is 0 Å². The van der Waals surface area contributed by atoms with Gasteiger partial charge in [-0.25, -0.2) is 0 Å². The smallest absolute Gasteiger partial charge is 0.119 e. The van der Waals surface area contributed by atoms with Crippen LogP contribution in [0.1, 0.15) is 40.5 Å². The number of anilines is 1. The molecule has 0 amide bonds. The van der Waals surface area contributed by atoms with Crippen LogP contribution in [0.15, 0.2) is 24.3 Å². The highest BCUT2D eigenvalue weighted by molar-refractivity contribution is 5.46. The normalized spacial score (nSPS) is 12.5. The van der Waals surface area contributed by atoms with E-state index in [4.69, 9.17) is 4.74 Å². The minimum atomic E-state index is 0.511. The minimum Gasteiger partial charge on any atom is -0.494 e. The van der Waals surface area contributed by atoms with E-state index in [0.29, 0.717) is 6.04 Å². The van der Waals surface area contributed by atoms with Crippen molar-refractivity contribution in [2.45, 2.75) is 46.6 Å². The first-order valence-electron chi connectivity index (χ1n) is 6.61. The van der Waals surface area contributed by atoms with Crippen molar-refractivity contribution in [2.75, 3.05) is 11.9 Å². The van der Waals surface area contributed by atoms with Crippen LogP contribution in [0, 0.1) is 5.92 Å². The summed E-state index contributed by atoms with van der Waals surface area (Å²) in [7, 11) is 0. The second kappa shape index (κ2) is 7.21. The summed E-state index contributed by atoms with van der Waals surface area (Å²) in [6.07, 6.45) is 2.24. The molecule has 0 aliphatic carbocycles. The van der Waals surface area contributed by atoms with Gasteiger partial charge in [0.15, 0.2) is 0 Å². The summed E-state index contributed by atoms with van der Waals surface area (Å²) in [5, 5.41) is 3.50. The third kappa shape index (κ3) is 5.62. The van der Waals surface area contributed by atoms with E-state index >= 15 is 0 Å². The number of nitrogens with one attached hydrogen (secondary N) is 1. The Bertz CT molecular complexity index is 305. The largest absolute Gasteiger partial charge is 0.494 e. The molecule has 0 aliphatic heterocycles. The first-order valence-corrected chi connectivity index (χ1v) is 6.61. The molecule has 0 bridgehead atoms. The molecule has 0 radical (unpaired) electrons. The standard InChI is InChI=1S/C15H25NO/c1-5-10-17-15-8-6-14(7-9-15)16-13(4)11-12(2)3/h6-9,12-13,16H,5,10-11H2,1-4H3. The van der Waals surface area contributed by atoms with Crippen LogP contribution in [0.3, 0.4) is 0 Å². The van der Waals surface area contributed by atoms with E-state index in [2.05, 4.69) is 45.1 Å². The fourth-order valence-electron chi connectivity index (χ4n) is 1.92. The van der Waals surface area contributed by atoms with Crippen LogP contribution < -0.4 is 10.1 Å². The Morgan fingerprint density at radius 3 is 2.29 bits per heavy atom. The Morgan fingerprint density at radius 1 is 1.12 bits per heavy atom. The molecule has 1 unspecified atom stereocenters. The van der Waals surface area contributed by atoms with Crippen LogP contribution >= 0.6 is 0 Å². The van der Waals surface area contributed by atoms with Gasteiger partial charge in [-0.05, 0) is 49.9 Å². The van der Waals surface area contributed by atoms with Crippen LogP contribution in [0.5, 0.6) is 5.75 Å². The molecular formula is C15H25NO. The van der Waals surface area contributed by atoms with Crippen molar-refractivity contribution < 1.29 is 4.74 Å². The third-order valence-corrected chi connectivity index (χ3v) is 2.57. The molecule has 0 aliphatic rings. The van der Waals surface area contributed by atoms with Crippen LogP contribution in [0.25, 0.3) is 0 Å². The van der Waals surface area contributed by atoms with Gasteiger partial charge in [0.25, 0.3) is 0 Å². The van der Waals surface area contributed by atoms with Crippen molar-refractivity contribution in [1.82, 2.24) is 0 Å². The van der Waals surface area contributed by atoms with Gasteiger partial charge in [0.1, 0.15) is 5.75 Å². The molecule has 17 heavy (non-hydrogen) atoms. The summed E-state index contributed by atoms with van der Waals surface area (Å²) >= 11 is 0. The zero-order chi connectivity index (χ0) is 12.7. The predicted octanol–water partition coefficient (Wildman–Crippen LogP) is 4.32. The Balaban J connectivity index is 2.44. The van der Waals surface area contributed by atoms with E-state index in [1.165, 1.54) is 12.1 Å². The maximum Gasteiger partial charge on any atom is 0.119 e. The van der Waals surface area contributed by atoms with E-state index in [-0.39, 0.29) is 0 Å². The fourth-order valence-corrected chi connectivity index (χ4v) is 1.92. The van der Waals surface area contributed by atoms with Crippen molar-refractivity contribution in [2.24, 2.45) is 5.92 Å². The molecule has 1 aromatic rings. The summed E-state index contributed by atoms with van der Waals surface area (Å²) in [4.78, 5) is 0. The highest BCUT2D eigenvalue weighted by atomic mass is 16.5. The molecule has 1 rings (SSSR count). The van der Waals surface area contributed by atoms with Crippen LogP contribution in [-0.2, 0) is 0 Å². The lowest BCUT2D eigenvalue weighted by Crippen LogP contribution is -2.17. The molecular weight excluding hydrogens is 210 g/mol. The summed E-state index contributed by atoms with van der Waals surface area (Å²) in [5.74, 6) is 1.68. The van der Waals surface area contributed by atoms with Gasteiger partial charge in [0, 0.05) is 11.7 Å². The first-order chi connectivity index (χ1) is 8.11. The molecule has 2 heteroatoms. The second-order valence-corrected chi connectivity index (χ2v) is 5.05. The van der Waals surface area contributed by atoms with Crippen molar-refractivity contribution in [3.8, 4) is 5.75 Å². The topological polar surface area (TPSA) is 21.3 Å². The molecule has 0 spiro atoms. The van der Waals surface area contributed by atoms with E-state index in [9.17, 15) is 0 Å². The lowest BCUT2D eigenvalue weighted by molar-refractivity contribution is 0.317. The molecule has 96 valence electrons. The monoisotopic (exact) mass is 235 g/mol. The minimum absolute atomic E-state index is 0.511. The first kappa shape index (κ1) is 13.9. The third-order valence-electron chi connectivity index (χ3n) is 2.57. The summed E-state index contributed by atoms with van der Waals surface area (Å²) in [5.41, 5.74) is 1.17. The van der Waals surface area contributed by atoms with Crippen LogP contribution in [-0.4, -0.2) is 12.6 Å². The summed E-state index contributed by atoms with van der Waals surface area (Å²) < 4.78 is 5.55. The number of ether oxygens (including phenoxy) is 1. The van der Waals surface area contributed by atoms with E-state index in [1.54, 1.807) is 0 Å². The SMILES string of the molecule is CCCOc1ccc(NC(C)CC(C)C)cc1. The van der Waals surface area contributed by atoms with Gasteiger partial charge in [-0.3, -0.25) is 0 Å². The van der Waals surface area contributed by atoms with Gasteiger partial charge in [0.2, 0.25) is 0 Å². The zero-order valence-electron chi connectivity index (χ0n) is 11.5. The Kier molecular flexibility index (Phi) is 5.88. The van der Waals surface area contributed by atoms with Gasteiger partial charge in [-0.1, -0.05) is 20.8 Å². The van der Waals surface area contributed by atoms with Crippen LogP contribution in [0.4, 0.5) is 5.69 Å². The van der Waals surface area contributed by atoms with Gasteiger partial charge >= 0.3 is 0 Å². The van der Waals surface area contributed by atoms with E-state index < -0.39 is 0 Å². The predicted molar refractivity (Wildman–Crippen MR) is 74.8 cm³/mol. The van der Waals surface area contributed by atoms with Crippen molar-refractivity contribution in [3.05, 3.63) is 24.3 Å². The molecule has 1 atom stereocenters. The molecule has 0 aromatic heterocycles. The van der Waals surface area contributed by atoms with E-state index in [1.807, 2.05) is 12.1 Å². The molecule has 0 fully saturated rings. The Hall–Kier alpha value is -1.18. The van der Waals surface area contributed by atoms with Gasteiger partial charge < -0.3 is 10.1 Å². The quantitative estimate of drug-likeness (QED) is 0.760. The van der Waals surface area contributed by atoms with E-state index in [0.717, 1.165) is 24.7 Å². The molecule has 0 saturated heterocycles. The van der Waals surface area contributed by atoms with Gasteiger partial charge in [-0.2, -0.15) is 0 Å². The average molecular weight is 235 g/mol. The Labute approximate surface area is 105 Å². The lowest BCUT2D eigenvalue weighted by Gasteiger charge is -2.17. The lowest BCUT2D eigenvalue weighted by atomic mass is 10.1. The molecule has 0 heterocycles. The molecule has 1 aromatic carbocycles. The summed E-state index contributed by atoms with van der Waals surface area (Å²) in [6.45, 7) is 9.63. The average Bonchev–Trinajstić information content (AvgIpc) is 2.27. The highest BCUT2D eigenvalue weighted by Gasteiger charge is 2.04. The maximum atomic E-state index is 5.55. The van der Waals surface area contributed by atoms with Crippen LogP contribution in [0.2, 0.25) is 0 Å².